The summed E-state index contributed by atoms with van der Waals surface area (Å²) in [6, 6.07) is 13.6. The minimum Gasteiger partial charge on any atom is -0.497 e. The standard InChI is InChI=1S/C18H18N2O4/c1-24-15-8-6-12(7-9-15)18(22)20-11-14-5-3-2-4-13(14)10-16(20)17(21)19-23/h2-9,16,23H,10-11H2,1H3,(H,19,21)/t16-/m1/s1. The van der Waals surface area contributed by atoms with Crippen molar-refractivity contribution in [1.29, 1.82) is 0 Å². The quantitative estimate of drug-likeness (QED) is 0.665. The molecule has 0 spiro atoms. The maximum absolute atomic E-state index is 12.9. The van der Waals surface area contributed by atoms with Gasteiger partial charge in [-0.15, -0.1) is 0 Å². The van der Waals surface area contributed by atoms with Crippen LogP contribution in [-0.4, -0.2) is 35.1 Å². The highest BCUT2D eigenvalue weighted by Gasteiger charge is 2.34. The van der Waals surface area contributed by atoms with Crippen LogP contribution in [0.4, 0.5) is 0 Å². The van der Waals surface area contributed by atoms with Gasteiger partial charge in [-0.3, -0.25) is 14.8 Å². The number of hydroxylamine groups is 1. The van der Waals surface area contributed by atoms with Crippen LogP contribution in [0.1, 0.15) is 21.5 Å². The molecule has 0 unspecified atom stereocenters. The maximum atomic E-state index is 12.9. The normalized spacial score (nSPS) is 16.2. The van der Waals surface area contributed by atoms with Crippen LogP contribution in [0.5, 0.6) is 5.75 Å². The number of nitrogens with one attached hydrogen (secondary N) is 1. The SMILES string of the molecule is COc1ccc(C(=O)N2Cc3ccccc3C[C@@H]2C(=O)NO)cc1. The van der Waals surface area contributed by atoms with Crippen molar-refractivity contribution < 1.29 is 19.5 Å². The van der Waals surface area contributed by atoms with E-state index >= 15 is 0 Å². The number of amides is 2. The van der Waals surface area contributed by atoms with Gasteiger partial charge in [0.05, 0.1) is 7.11 Å². The highest BCUT2D eigenvalue weighted by atomic mass is 16.5. The van der Waals surface area contributed by atoms with E-state index < -0.39 is 11.9 Å². The fourth-order valence-corrected chi connectivity index (χ4v) is 2.94. The van der Waals surface area contributed by atoms with Gasteiger partial charge in [-0.2, -0.15) is 0 Å². The molecule has 0 radical (unpaired) electrons. The predicted octanol–water partition coefficient (Wildman–Crippen LogP) is 1.77. The Morgan fingerprint density at radius 2 is 1.79 bits per heavy atom. The van der Waals surface area contributed by atoms with E-state index in [-0.39, 0.29) is 5.91 Å². The molecule has 0 saturated heterocycles. The first-order chi connectivity index (χ1) is 11.6. The Kier molecular flexibility index (Phi) is 4.48. The van der Waals surface area contributed by atoms with Crippen molar-refractivity contribution in [1.82, 2.24) is 10.4 Å². The molecule has 1 aliphatic heterocycles. The van der Waals surface area contributed by atoms with Crippen LogP contribution >= 0.6 is 0 Å². The summed E-state index contributed by atoms with van der Waals surface area (Å²) in [6.07, 6.45) is 0.366. The van der Waals surface area contributed by atoms with Crippen molar-refractivity contribution >= 4 is 11.8 Å². The average Bonchev–Trinajstić information content (AvgIpc) is 2.65. The Bertz CT molecular complexity index is 758. The zero-order valence-corrected chi connectivity index (χ0v) is 13.2. The summed E-state index contributed by atoms with van der Waals surface area (Å²) in [5.41, 5.74) is 4.14. The molecule has 0 bridgehead atoms. The molecule has 1 aliphatic rings. The first kappa shape index (κ1) is 16.0. The molecule has 6 nitrogen and oxygen atoms in total. The van der Waals surface area contributed by atoms with E-state index in [1.54, 1.807) is 36.9 Å². The number of rotatable bonds is 3. The van der Waals surface area contributed by atoms with Gasteiger partial charge in [0.2, 0.25) is 0 Å². The smallest absolute Gasteiger partial charge is 0.266 e. The van der Waals surface area contributed by atoms with Crippen LogP contribution in [0.2, 0.25) is 0 Å². The second-order valence-corrected chi connectivity index (χ2v) is 5.63. The molecule has 1 heterocycles. The molecule has 0 saturated carbocycles. The van der Waals surface area contributed by atoms with Gasteiger partial charge in [0.15, 0.2) is 0 Å². The summed E-state index contributed by atoms with van der Waals surface area (Å²) >= 11 is 0. The largest absolute Gasteiger partial charge is 0.497 e. The topological polar surface area (TPSA) is 78.9 Å². The molecule has 2 N–H and O–H groups in total. The number of ether oxygens (including phenoxy) is 1. The Labute approximate surface area is 139 Å². The summed E-state index contributed by atoms with van der Waals surface area (Å²) in [5, 5.41) is 9.02. The van der Waals surface area contributed by atoms with Gasteiger partial charge in [0.25, 0.3) is 11.8 Å². The van der Waals surface area contributed by atoms with E-state index in [4.69, 9.17) is 9.94 Å². The van der Waals surface area contributed by atoms with Crippen molar-refractivity contribution in [2.24, 2.45) is 0 Å². The molecule has 0 fully saturated rings. The molecular formula is C18H18N2O4. The second kappa shape index (κ2) is 6.72. The molecule has 2 amide bonds. The minimum atomic E-state index is -0.750. The van der Waals surface area contributed by atoms with E-state index in [2.05, 4.69) is 0 Å². The number of hydrogen-bond donors (Lipinski definition) is 2. The first-order valence-electron chi connectivity index (χ1n) is 7.60. The fraction of sp³-hybridized carbons (Fsp3) is 0.222. The van der Waals surface area contributed by atoms with Gasteiger partial charge >= 0.3 is 0 Å². The average molecular weight is 326 g/mol. The van der Waals surface area contributed by atoms with Crippen molar-refractivity contribution in [3.63, 3.8) is 0 Å². The van der Waals surface area contributed by atoms with Crippen LogP contribution in [0.3, 0.4) is 0 Å². The predicted molar refractivity (Wildman–Crippen MR) is 86.7 cm³/mol. The number of nitrogens with zero attached hydrogens (tertiary/aromatic N) is 1. The zero-order valence-electron chi connectivity index (χ0n) is 13.2. The fourth-order valence-electron chi connectivity index (χ4n) is 2.94. The van der Waals surface area contributed by atoms with Gasteiger partial charge in [0, 0.05) is 18.5 Å². The summed E-state index contributed by atoms with van der Waals surface area (Å²) in [5.74, 6) is -0.202. The third-order valence-electron chi connectivity index (χ3n) is 4.26. The van der Waals surface area contributed by atoms with Gasteiger partial charge in [-0.25, -0.2) is 5.48 Å². The number of methoxy groups -OCH3 is 1. The lowest BCUT2D eigenvalue weighted by atomic mass is 9.93. The van der Waals surface area contributed by atoms with Gasteiger partial charge in [-0.1, -0.05) is 24.3 Å². The van der Waals surface area contributed by atoms with Crippen LogP contribution in [-0.2, 0) is 17.8 Å². The highest BCUT2D eigenvalue weighted by molar-refractivity contribution is 5.97. The zero-order chi connectivity index (χ0) is 17.1. The number of fused-ring (bicyclic) bond motifs is 1. The maximum Gasteiger partial charge on any atom is 0.266 e. The monoisotopic (exact) mass is 326 g/mol. The summed E-state index contributed by atoms with van der Waals surface area (Å²) in [4.78, 5) is 26.4. The Balaban J connectivity index is 1.93. The minimum absolute atomic E-state index is 0.263. The van der Waals surface area contributed by atoms with E-state index in [0.29, 0.717) is 24.3 Å². The summed E-state index contributed by atoms with van der Waals surface area (Å²) in [7, 11) is 1.56. The van der Waals surface area contributed by atoms with E-state index in [1.165, 1.54) is 4.90 Å². The van der Waals surface area contributed by atoms with Gasteiger partial charge in [0.1, 0.15) is 11.8 Å². The molecule has 0 aliphatic carbocycles. The molecule has 124 valence electrons. The summed E-state index contributed by atoms with van der Waals surface area (Å²) < 4.78 is 5.10. The molecule has 6 heteroatoms. The van der Waals surface area contributed by atoms with Crippen LogP contribution < -0.4 is 10.2 Å². The first-order valence-corrected chi connectivity index (χ1v) is 7.60. The third kappa shape index (κ3) is 2.96. The Morgan fingerprint density at radius 3 is 2.42 bits per heavy atom. The van der Waals surface area contributed by atoms with Gasteiger partial charge in [-0.05, 0) is 35.4 Å². The number of benzene rings is 2. The molecular weight excluding hydrogens is 308 g/mol. The number of carbonyl (C=O) groups excluding carboxylic acids is 2. The van der Waals surface area contributed by atoms with Crippen LogP contribution in [0, 0.1) is 0 Å². The lowest BCUT2D eigenvalue weighted by Crippen LogP contribution is -2.52. The van der Waals surface area contributed by atoms with Crippen LogP contribution in [0.15, 0.2) is 48.5 Å². The lowest BCUT2D eigenvalue weighted by Gasteiger charge is -2.35. The van der Waals surface area contributed by atoms with E-state index in [0.717, 1.165) is 11.1 Å². The van der Waals surface area contributed by atoms with E-state index in [9.17, 15) is 9.59 Å². The Hall–Kier alpha value is -2.86. The summed E-state index contributed by atoms with van der Waals surface area (Å²) in [6.45, 7) is 0.319. The number of carbonyl (C=O) groups is 2. The molecule has 24 heavy (non-hydrogen) atoms. The molecule has 2 aromatic rings. The molecule has 1 atom stereocenters. The molecule has 0 aromatic heterocycles. The van der Waals surface area contributed by atoms with Crippen molar-refractivity contribution in [2.45, 2.75) is 19.0 Å². The van der Waals surface area contributed by atoms with Crippen molar-refractivity contribution in [3.8, 4) is 5.75 Å². The highest BCUT2D eigenvalue weighted by Crippen LogP contribution is 2.25. The van der Waals surface area contributed by atoms with Crippen molar-refractivity contribution in [2.75, 3.05) is 7.11 Å². The molecule has 2 aromatic carbocycles. The van der Waals surface area contributed by atoms with Crippen molar-refractivity contribution in [3.05, 3.63) is 65.2 Å². The molecule has 3 rings (SSSR count). The van der Waals surface area contributed by atoms with Gasteiger partial charge < -0.3 is 9.64 Å². The van der Waals surface area contributed by atoms with E-state index in [1.807, 2.05) is 24.3 Å². The number of hydrogen-bond acceptors (Lipinski definition) is 4. The lowest BCUT2D eigenvalue weighted by molar-refractivity contribution is -0.134. The Morgan fingerprint density at radius 1 is 1.12 bits per heavy atom. The van der Waals surface area contributed by atoms with Crippen LogP contribution in [0.25, 0.3) is 0 Å². The second-order valence-electron chi connectivity index (χ2n) is 5.63. The third-order valence-corrected chi connectivity index (χ3v) is 4.26.